The lowest BCUT2D eigenvalue weighted by atomic mass is 9.97. The Bertz CT molecular complexity index is 765. The van der Waals surface area contributed by atoms with Crippen molar-refractivity contribution >= 4 is 29.5 Å². The summed E-state index contributed by atoms with van der Waals surface area (Å²) in [6, 6.07) is 4.46. The lowest BCUT2D eigenvalue weighted by Gasteiger charge is -2.31. The zero-order valence-electron chi connectivity index (χ0n) is 18.3. The summed E-state index contributed by atoms with van der Waals surface area (Å²) in [5.74, 6) is -1.66. The maximum Gasteiger partial charge on any atom is 0.338 e. The van der Waals surface area contributed by atoms with Crippen LogP contribution in [0.2, 0.25) is 0 Å². The van der Waals surface area contributed by atoms with Crippen LogP contribution in [-0.2, 0) is 23.8 Å². The van der Waals surface area contributed by atoms with E-state index in [1.54, 1.807) is 25.7 Å². The normalized spacial score (nSPS) is 14.0. The van der Waals surface area contributed by atoms with Gasteiger partial charge in [0.2, 0.25) is 5.91 Å². The molecule has 1 aliphatic heterocycles. The van der Waals surface area contributed by atoms with Crippen molar-refractivity contribution < 1.29 is 33.4 Å². The Hall–Kier alpha value is -3.10. The minimum Gasteiger partial charge on any atom is -0.466 e. The smallest absolute Gasteiger partial charge is 0.338 e. The van der Waals surface area contributed by atoms with Crippen LogP contribution in [0.4, 0.5) is 5.69 Å². The van der Waals surface area contributed by atoms with Gasteiger partial charge in [-0.15, -0.1) is 0 Å². The molecular weight excluding hydrogens is 404 g/mol. The van der Waals surface area contributed by atoms with Crippen LogP contribution < -0.4 is 5.32 Å². The Morgan fingerprint density at radius 1 is 0.871 bits per heavy atom. The molecule has 1 N–H and O–H groups in total. The molecule has 1 aliphatic rings. The number of anilines is 1. The van der Waals surface area contributed by atoms with Gasteiger partial charge in [-0.05, 0) is 51.8 Å². The van der Waals surface area contributed by atoms with Gasteiger partial charge in [0.1, 0.15) is 0 Å². The van der Waals surface area contributed by atoms with Crippen molar-refractivity contribution in [1.29, 1.82) is 0 Å². The monoisotopic (exact) mass is 434 g/mol. The molecule has 0 saturated carbocycles. The van der Waals surface area contributed by atoms with Crippen molar-refractivity contribution in [2.45, 2.75) is 33.6 Å². The Kier molecular flexibility index (Phi) is 9.30. The second-order valence-corrected chi connectivity index (χ2v) is 7.00. The largest absolute Gasteiger partial charge is 0.466 e. The van der Waals surface area contributed by atoms with Crippen LogP contribution >= 0.6 is 0 Å². The fourth-order valence-electron chi connectivity index (χ4n) is 3.31. The number of carbonyl (C=O) groups excluding carboxylic acids is 4. The number of benzene rings is 1. The van der Waals surface area contributed by atoms with Gasteiger partial charge in [-0.1, -0.05) is 0 Å². The van der Waals surface area contributed by atoms with E-state index in [4.69, 9.17) is 14.2 Å². The van der Waals surface area contributed by atoms with Crippen molar-refractivity contribution in [3.8, 4) is 0 Å². The first-order chi connectivity index (χ1) is 14.9. The lowest BCUT2D eigenvalue weighted by molar-refractivity contribution is -0.151. The SMILES string of the molecule is CCOC(=O)c1cc(NCC(=O)N2CCC(C(=O)OCC)CC2)cc(C(=O)OCC)c1. The summed E-state index contributed by atoms with van der Waals surface area (Å²) in [7, 11) is 0. The number of rotatable bonds is 9. The third-order valence-corrected chi connectivity index (χ3v) is 4.87. The molecule has 2 rings (SSSR count). The molecule has 0 atom stereocenters. The van der Waals surface area contributed by atoms with Crippen LogP contribution in [0, 0.1) is 5.92 Å². The number of nitrogens with zero attached hydrogens (tertiary/aromatic N) is 1. The highest BCUT2D eigenvalue weighted by molar-refractivity contribution is 5.97. The average molecular weight is 434 g/mol. The fraction of sp³-hybridized carbons (Fsp3) is 0.545. The summed E-state index contributed by atoms with van der Waals surface area (Å²) < 4.78 is 15.1. The first-order valence-corrected chi connectivity index (χ1v) is 10.6. The first kappa shape index (κ1) is 24.2. The molecule has 1 fully saturated rings. The molecule has 0 radical (unpaired) electrons. The third kappa shape index (κ3) is 6.97. The predicted octanol–water partition coefficient (Wildman–Crippen LogP) is 2.25. The van der Waals surface area contributed by atoms with Crippen LogP contribution in [0.5, 0.6) is 0 Å². The molecule has 1 amide bonds. The quantitative estimate of drug-likeness (QED) is 0.465. The van der Waals surface area contributed by atoms with E-state index in [0.717, 1.165) is 0 Å². The van der Waals surface area contributed by atoms with Gasteiger partial charge < -0.3 is 24.4 Å². The summed E-state index contributed by atoms with van der Waals surface area (Å²) in [6.45, 7) is 6.83. The maximum absolute atomic E-state index is 12.6. The molecule has 0 spiro atoms. The molecular formula is C22H30N2O7. The molecule has 31 heavy (non-hydrogen) atoms. The summed E-state index contributed by atoms with van der Waals surface area (Å²) >= 11 is 0. The molecule has 0 aliphatic carbocycles. The van der Waals surface area contributed by atoms with Crippen molar-refractivity contribution in [1.82, 2.24) is 4.90 Å². The molecule has 170 valence electrons. The Morgan fingerprint density at radius 2 is 1.39 bits per heavy atom. The Labute approximate surface area is 182 Å². The van der Waals surface area contributed by atoms with Crippen LogP contribution in [-0.4, -0.2) is 68.2 Å². The van der Waals surface area contributed by atoms with E-state index < -0.39 is 11.9 Å². The second kappa shape index (κ2) is 11.9. The van der Waals surface area contributed by atoms with Gasteiger partial charge in [-0.3, -0.25) is 9.59 Å². The summed E-state index contributed by atoms with van der Waals surface area (Å²) in [5.41, 5.74) is 0.818. The van der Waals surface area contributed by atoms with Gasteiger partial charge in [-0.25, -0.2) is 9.59 Å². The van der Waals surface area contributed by atoms with Crippen molar-refractivity contribution in [2.75, 3.05) is 44.8 Å². The van der Waals surface area contributed by atoms with E-state index in [-0.39, 0.29) is 48.7 Å². The highest BCUT2D eigenvalue weighted by Gasteiger charge is 2.28. The molecule has 0 aromatic heterocycles. The number of hydrogen-bond acceptors (Lipinski definition) is 8. The van der Waals surface area contributed by atoms with E-state index in [1.165, 1.54) is 18.2 Å². The highest BCUT2D eigenvalue weighted by atomic mass is 16.5. The van der Waals surface area contributed by atoms with Gasteiger partial charge >= 0.3 is 17.9 Å². The van der Waals surface area contributed by atoms with Crippen LogP contribution in [0.15, 0.2) is 18.2 Å². The van der Waals surface area contributed by atoms with E-state index in [0.29, 0.717) is 38.2 Å². The second-order valence-electron chi connectivity index (χ2n) is 7.00. The minimum atomic E-state index is -0.566. The number of amides is 1. The molecule has 9 nitrogen and oxygen atoms in total. The Morgan fingerprint density at radius 3 is 1.87 bits per heavy atom. The number of likely N-dealkylation sites (tertiary alicyclic amines) is 1. The molecule has 0 unspecified atom stereocenters. The van der Waals surface area contributed by atoms with E-state index >= 15 is 0 Å². The average Bonchev–Trinajstić information content (AvgIpc) is 2.78. The fourth-order valence-corrected chi connectivity index (χ4v) is 3.31. The highest BCUT2D eigenvalue weighted by Crippen LogP contribution is 2.20. The zero-order chi connectivity index (χ0) is 22.8. The van der Waals surface area contributed by atoms with Gasteiger partial charge in [0.05, 0.1) is 43.4 Å². The summed E-state index contributed by atoms with van der Waals surface area (Å²) in [5, 5.41) is 2.97. The number of piperidine rings is 1. The van der Waals surface area contributed by atoms with Gasteiger partial charge in [-0.2, -0.15) is 0 Å². The predicted molar refractivity (Wildman–Crippen MR) is 113 cm³/mol. The van der Waals surface area contributed by atoms with Crippen molar-refractivity contribution in [3.05, 3.63) is 29.3 Å². The van der Waals surface area contributed by atoms with E-state index in [1.807, 2.05) is 0 Å². The summed E-state index contributed by atoms with van der Waals surface area (Å²) in [6.07, 6.45) is 1.13. The van der Waals surface area contributed by atoms with Crippen molar-refractivity contribution in [2.24, 2.45) is 5.92 Å². The van der Waals surface area contributed by atoms with Crippen LogP contribution in [0.1, 0.15) is 54.3 Å². The molecule has 9 heteroatoms. The topological polar surface area (TPSA) is 111 Å². The standard InChI is InChI=1S/C22H30N2O7/c1-4-29-20(26)15-7-9-24(10-8-15)19(25)14-23-18-12-16(21(27)30-5-2)11-17(13-18)22(28)31-6-3/h11-13,15,23H,4-10,14H2,1-3H3. The number of carbonyl (C=O) groups is 4. The molecule has 1 aromatic carbocycles. The van der Waals surface area contributed by atoms with E-state index in [9.17, 15) is 19.2 Å². The van der Waals surface area contributed by atoms with E-state index in [2.05, 4.69) is 5.32 Å². The minimum absolute atomic E-state index is 0.0153. The molecule has 1 heterocycles. The lowest BCUT2D eigenvalue weighted by Crippen LogP contribution is -2.43. The molecule has 1 aromatic rings. The van der Waals surface area contributed by atoms with Gasteiger partial charge in [0.15, 0.2) is 0 Å². The van der Waals surface area contributed by atoms with Gasteiger partial charge in [0, 0.05) is 18.8 Å². The van der Waals surface area contributed by atoms with Crippen LogP contribution in [0.25, 0.3) is 0 Å². The van der Waals surface area contributed by atoms with Crippen molar-refractivity contribution in [3.63, 3.8) is 0 Å². The number of esters is 3. The number of nitrogens with one attached hydrogen (secondary N) is 1. The number of ether oxygens (including phenoxy) is 3. The van der Waals surface area contributed by atoms with Crippen LogP contribution in [0.3, 0.4) is 0 Å². The van der Waals surface area contributed by atoms with Gasteiger partial charge in [0.25, 0.3) is 0 Å². The first-order valence-electron chi connectivity index (χ1n) is 10.6. The zero-order valence-corrected chi connectivity index (χ0v) is 18.3. The summed E-state index contributed by atoms with van der Waals surface area (Å²) in [4.78, 5) is 50.4. The molecule has 1 saturated heterocycles. The maximum atomic E-state index is 12.6. The Balaban J connectivity index is 2.01. The molecule has 0 bridgehead atoms. The third-order valence-electron chi connectivity index (χ3n) is 4.87. The number of hydrogen-bond donors (Lipinski definition) is 1.